The summed E-state index contributed by atoms with van der Waals surface area (Å²) in [6.45, 7) is 0.571. The van der Waals surface area contributed by atoms with Crippen LogP contribution in [-0.4, -0.2) is 35.4 Å². The molecule has 182 valence electrons. The van der Waals surface area contributed by atoms with Gasteiger partial charge >= 0.3 is 11.8 Å². The van der Waals surface area contributed by atoms with E-state index in [1.54, 1.807) is 0 Å². The number of rotatable bonds is 13. The van der Waals surface area contributed by atoms with Gasteiger partial charge in [0.2, 0.25) is 17.6 Å². The van der Waals surface area contributed by atoms with E-state index in [2.05, 4.69) is 10.6 Å². The lowest BCUT2D eigenvalue weighted by Crippen LogP contribution is -2.45. The zero-order chi connectivity index (χ0) is 24.9. The number of benzene rings is 2. The van der Waals surface area contributed by atoms with Crippen LogP contribution in [0.3, 0.4) is 0 Å². The Hall–Kier alpha value is -4.02. The van der Waals surface area contributed by atoms with Gasteiger partial charge in [-0.3, -0.25) is 19.7 Å². The van der Waals surface area contributed by atoms with E-state index in [1.807, 2.05) is 30.3 Å². The van der Waals surface area contributed by atoms with Crippen molar-refractivity contribution in [2.24, 2.45) is 5.73 Å². The quantitative estimate of drug-likeness (QED) is 0.230. The third-order valence-corrected chi connectivity index (χ3v) is 4.89. The Bertz CT molecular complexity index is 1000. The van der Waals surface area contributed by atoms with Gasteiger partial charge in [-0.25, -0.2) is 4.79 Å². The molecule has 3 amide bonds. The van der Waals surface area contributed by atoms with Crippen LogP contribution < -0.4 is 16.4 Å². The minimum Gasteiger partial charge on any atom is -0.445 e. The molecule has 2 rings (SSSR count). The summed E-state index contributed by atoms with van der Waals surface area (Å²) in [5, 5.41) is 16.0. The fraction of sp³-hybridized carbons (Fsp3) is 0.348. The number of amides is 3. The predicted molar refractivity (Wildman–Crippen MR) is 121 cm³/mol. The molecule has 11 heteroatoms. The van der Waals surface area contributed by atoms with E-state index in [4.69, 9.17) is 10.5 Å². The van der Waals surface area contributed by atoms with Gasteiger partial charge in [-0.1, -0.05) is 42.8 Å². The highest BCUT2D eigenvalue weighted by molar-refractivity contribution is 5.86. The first-order valence-electron chi connectivity index (χ1n) is 10.7. The summed E-state index contributed by atoms with van der Waals surface area (Å²) in [6.07, 6.45) is 1.31. The van der Waals surface area contributed by atoms with Gasteiger partial charge < -0.3 is 21.1 Å². The number of halogens is 1. The van der Waals surface area contributed by atoms with E-state index in [0.717, 1.165) is 17.7 Å². The molecule has 10 nitrogen and oxygen atoms in total. The summed E-state index contributed by atoms with van der Waals surface area (Å²) in [6, 6.07) is 11.4. The first-order chi connectivity index (χ1) is 16.3. The summed E-state index contributed by atoms with van der Waals surface area (Å²) in [4.78, 5) is 45.5. The molecule has 0 heterocycles. The molecule has 2 aromatic carbocycles. The molecule has 0 saturated carbocycles. The Balaban J connectivity index is 1.66. The molecule has 0 spiro atoms. The summed E-state index contributed by atoms with van der Waals surface area (Å²) >= 11 is 0. The lowest BCUT2D eigenvalue weighted by molar-refractivity contribution is -0.387. The highest BCUT2D eigenvalue weighted by atomic mass is 19.1. The summed E-state index contributed by atoms with van der Waals surface area (Å²) in [7, 11) is 0. The normalized spacial score (nSPS) is 11.3. The Labute approximate surface area is 195 Å². The second-order valence-electron chi connectivity index (χ2n) is 7.57. The molecule has 2 aromatic rings. The van der Waals surface area contributed by atoms with Crippen molar-refractivity contribution in [3.05, 3.63) is 75.6 Å². The molecule has 1 atom stereocenters. The van der Waals surface area contributed by atoms with Crippen LogP contribution in [0.5, 0.6) is 0 Å². The number of unbranched alkanes of at least 4 members (excludes halogenated alkanes) is 2. The number of nitrogens with zero attached hydrogens (tertiary/aromatic N) is 1. The van der Waals surface area contributed by atoms with E-state index in [9.17, 15) is 28.9 Å². The van der Waals surface area contributed by atoms with E-state index >= 15 is 0 Å². The van der Waals surface area contributed by atoms with E-state index in [0.29, 0.717) is 31.4 Å². The molecule has 0 aliphatic rings. The van der Waals surface area contributed by atoms with Crippen LogP contribution in [0, 0.1) is 15.9 Å². The lowest BCUT2D eigenvalue weighted by atomic mass is 10.0. The standard InChI is InChI=1S/C23H27FN4O6/c24-18-11-10-17(14-20(18)28(32)33)13-19(22(25)30)27-21(29)9-5-2-6-12-26-23(31)34-15-16-7-3-1-4-8-16/h1,3-4,7-8,10-11,14,19H,2,5-6,9,12-13,15H2,(H2,25,30)(H,26,31)(H,27,29)/t19-/m0/s1. The molecule has 0 aliphatic heterocycles. The number of ether oxygens (including phenoxy) is 1. The average Bonchev–Trinajstić information content (AvgIpc) is 2.81. The number of hydrogen-bond donors (Lipinski definition) is 3. The Morgan fingerprint density at radius 2 is 1.79 bits per heavy atom. The zero-order valence-electron chi connectivity index (χ0n) is 18.5. The van der Waals surface area contributed by atoms with E-state index < -0.39 is 40.4 Å². The maximum atomic E-state index is 13.5. The van der Waals surface area contributed by atoms with Crippen molar-refractivity contribution >= 4 is 23.6 Å². The zero-order valence-corrected chi connectivity index (χ0v) is 18.5. The van der Waals surface area contributed by atoms with Gasteiger partial charge in [0, 0.05) is 25.5 Å². The van der Waals surface area contributed by atoms with E-state index in [-0.39, 0.29) is 19.4 Å². The number of nitro groups is 1. The molecule has 4 N–H and O–H groups in total. The number of nitrogens with two attached hydrogens (primary N) is 1. The number of carbonyl (C=O) groups is 3. The number of carbonyl (C=O) groups excluding carboxylic acids is 3. The average molecular weight is 474 g/mol. The van der Waals surface area contributed by atoms with Gasteiger partial charge in [0.05, 0.1) is 4.92 Å². The molecule has 0 saturated heterocycles. The first-order valence-corrected chi connectivity index (χ1v) is 10.7. The minimum absolute atomic E-state index is 0.1000. The molecule has 0 aliphatic carbocycles. The van der Waals surface area contributed by atoms with Crippen molar-refractivity contribution in [1.82, 2.24) is 10.6 Å². The highest BCUT2D eigenvalue weighted by Gasteiger charge is 2.21. The Morgan fingerprint density at radius 1 is 1.06 bits per heavy atom. The van der Waals surface area contributed by atoms with Crippen molar-refractivity contribution < 1.29 is 28.4 Å². The van der Waals surface area contributed by atoms with Crippen LogP contribution in [0.2, 0.25) is 0 Å². The van der Waals surface area contributed by atoms with Crippen molar-refractivity contribution in [3.8, 4) is 0 Å². The fourth-order valence-corrected chi connectivity index (χ4v) is 3.10. The molecule has 0 bridgehead atoms. The van der Waals surface area contributed by atoms with Gasteiger partial charge in [0.25, 0.3) is 0 Å². The smallest absolute Gasteiger partial charge is 0.407 e. The lowest BCUT2D eigenvalue weighted by Gasteiger charge is -2.15. The van der Waals surface area contributed by atoms with Crippen LogP contribution in [0.4, 0.5) is 14.9 Å². The van der Waals surface area contributed by atoms with Gasteiger partial charge in [0.15, 0.2) is 0 Å². The summed E-state index contributed by atoms with van der Waals surface area (Å²) < 4.78 is 18.6. The minimum atomic E-state index is -1.08. The number of hydrogen-bond acceptors (Lipinski definition) is 6. The maximum Gasteiger partial charge on any atom is 0.407 e. The van der Waals surface area contributed by atoms with Crippen LogP contribution in [0.25, 0.3) is 0 Å². The number of primary amides is 1. The molecular weight excluding hydrogens is 447 g/mol. The van der Waals surface area contributed by atoms with Crippen molar-refractivity contribution in [3.63, 3.8) is 0 Å². The SMILES string of the molecule is NC(=O)[C@H](Cc1ccc(F)c([N+](=O)[O-])c1)NC(=O)CCCCCNC(=O)OCc1ccccc1. The van der Waals surface area contributed by atoms with Crippen molar-refractivity contribution in [2.45, 2.75) is 44.8 Å². The van der Waals surface area contributed by atoms with E-state index in [1.165, 1.54) is 6.07 Å². The summed E-state index contributed by atoms with van der Waals surface area (Å²) in [5.74, 6) is -2.21. The maximum absolute atomic E-state index is 13.5. The summed E-state index contributed by atoms with van der Waals surface area (Å²) in [5.41, 5.74) is 5.79. The van der Waals surface area contributed by atoms with Gasteiger partial charge in [-0.05, 0) is 30.0 Å². The molecule has 34 heavy (non-hydrogen) atoms. The topological polar surface area (TPSA) is 154 Å². The number of nitro benzene ring substituents is 1. The highest BCUT2D eigenvalue weighted by Crippen LogP contribution is 2.19. The number of nitrogens with one attached hydrogen (secondary N) is 2. The Morgan fingerprint density at radius 3 is 2.47 bits per heavy atom. The third-order valence-electron chi connectivity index (χ3n) is 4.89. The molecular formula is C23H27FN4O6. The van der Waals surface area contributed by atoms with Crippen LogP contribution in [-0.2, 0) is 27.4 Å². The van der Waals surface area contributed by atoms with Crippen molar-refractivity contribution in [2.75, 3.05) is 6.54 Å². The van der Waals surface area contributed by atoms with Gasteiger partial charge in [-0.2, -0.15) is 4.39 Å². The molecule has 0 aromatic heterocycles. The molecule has 0 radical (unpaired) electrons. The molecule has 0 unspecified atom stereocenters. The Kier molecular flexibility index (Phi) is 10.4. The number of alkyl carbamates (subject to hydrolysis) is 1. The van der Waals surface area contributed by atoms with Crippen molar-refractivity contribution in [1.29, 1.82) is 0 Å². The fourth-order valence-electron chi connectivity index (χ4n) is 3.10. The van der Waals surface area contributed by atoms with Gasteiger partial charge in [0.1, 0.15) is 12.6 Å². The van der Waals surface area contributed by atoms with Crippen LogP contribution in [0.1, 0.15) is 36.8 Å². The second-order valence-corrected chi connectivity index (χ2v) is 7.57. The second kappa shape index (κ2) is 13.5. The van der Waals surface area contributed by atoms with Crippen LogP contribution >= 0.6 is 0 Å². The molecule has 0 fully saturated rings. The largest absolute Gasteiger partial charge is 0.445 e. The third kappa shape index (κ3) is 9.23. The van der Waals surface area contributed by atoms with Crippen LogP contribution in [0.15, 0.2) is 48.5 Å². The van der Waals surface area contributed by atoms with Gasteiger partial charge in [-0.15, -0.1) is 0 Å². The first kappa shape index (κ1) is 26.2. The predicted octanol–water partition coefficient (Wildman–Crippen LogP) is 2.73. The monoisotopic (exact) mass is 474 g/mol.